The van der Waals surface area contributed by atoms with Crippen molar-refractivity contribution in [2.24, 2.45) is 0 Å². The lowest BCUT2D eigenvalue weighted by molar-refractivity contribution is -0.136. The van der Waals surface area contributed by atoms with Crippen LogP contribution in [-0.4, -0.2) is 44.4 Å². The third kappa shape index (κ3) is 11.6. The number of fused-ring (bicyclic) bond motifs is 2. The van der Waals surface area contributed by atoms with Crippen LogP contribution in [0.5, 0.6) is 0 Å². The lowest BCUT2D eigenvalue weighted by atomic mass is 10.0. The molecule has 0 radical (unpaired) electrons. The van der Waals surface area contributed by atoms with Gasteiger partial charge in [0.05, 0.1) is 23.3 Å². The van der Waals surface area contributed by atoms with E-state index in [9.17, 15) is 27.6 Å². The first-order valence-electron chi connectivity index (χ1n) is 20.1. The molecule has 5 heterocycles. The van der Waals surface area contributed by atoms with Gasteiger partial charge in [-0.3, -0.25) is 29.8 Å². The summed E-state index contributed by atoms with van der Waals surface area (Å²) >= 11 is 23.9. The fraction of sp³-hybridized carbons (Fsp3) is 0.386. The van der Waals surface area contributed by atoms with Gasteiger partial charge in [-0.05, 0) is 136 Å². The maximum absolute atomic E-state index is 13.3. The highest BCUT2D eigenvalue weighted by Gasteiger charge is 2.24. The first-order valence-corrected chi connectivity index (χ1v) is 21.6. The van der Waals surface area contributed by atoms with Gasteiger partial charge in [0.15, 0.2) is 0 Å². The fourth-order valence-electron chi connectivity index (χ4n) is 7.05. The van der Waals surface area contributed by atoms with Crippen molar-refractivity contribution in [3.05, 3.63) is 130 Å². The van der Waals surface area contributed by atoms with Crippen LogP contribution in [0.3, 0.4) is 0 Å². The van der Waals surface area contributed by atoms with Crippen molar-refractivity contribution in [3.8, 4) is 22.3 Å². The Morgan fingerprint density at radius 3 is 1.34 bits per heavy atom. The molecule has 17 heteroatoms. The number of aryl methyl sites for hydroxylation is 3. The van der Waals surface area contributed by atoms with Crippen molar-refractivity contribution in [1.29, 1.82) is 0 Å². The standard InChI is InChI=1S/2C14H14ClFN2O.C12H11Cl2FO2.C4H10N2/c2*1-9-8-10(4-5-11(9)16)12-13(15)17-6-2-3-7-18(17)14(12)19;1-3-17-12(16)10(11(13)14)8-4-5-9(15)7(2)6-8;1-2-4-6-5-3-1/h2*4-5,8H,2-3,6-7H2,1H3;4-6H,3H2,1-2H3;5-6H,1-4H2. The smallest absolute Gasteiger partial charge is 0.341 e. The van der Waals surface area contributed by atoms with Crippen LogP contribution >= 0.6 is 46.4 Å². The van der Waals surface area contributed by atoms with Gasteiger partial charge in [-0.2, -0.15) is 0 Å². The lowest BCUT2D eigenvalue weighted by Gasteiger charge is -2.17. The summed E-state index contributed by atoms with van der Waals surface area (Å²) in [6.45, 7) is 12.0. The monoisotopic (exact) mass is 922 g/mol. The van der Waals surface area contributed by atoms with E-state index in [0.717, 1.165) is 51.9 Å². The van der Waals surface area contributed by atoms with E-state index in [1.807, 2.05) is 9.36 Å². The predicted octanol–water partition coefficient (Wildman–Crippen LogP) is 10.1. The Kier molecular flexibility index (Phi) is 17.4. The summed E-state index contributed by atoms with van der Waals surface area (Å²) in [6, 6.07) is 13.5. The van der Waals surface area contributed by atoms with Gasteiger partial charge in [0.2, 0.25) is 0 Å². The SMILES string of the molecule is C1CCNNC1.CCOC(=O)C(=C(Cl)Cl)c1ccc(F)c(C)c1.Cc1cc(-c2c(Cl)n3n(c2=O)CCCC3)ccc1F.Cc1cc(-c2c(Cl)n3n(c2=O)CCCC3)ccc1F. The number of halogens is 7. The first kappa shape index (κ1) is 47.8. The van der Waals surface area contributed by atoms with Crippen LogP contribution in [0.1, 0.15) is 67.7 Å². The molecule has 3 aromatic carbocycles. The van der Waals surface area contributed by atoms with E-state index < -0.39 is 5.97 Å². The van der Waals surface area contributed by atoms with Crippen LogP contribution in [0.2, 0.25) is 10.3 Å². The summed E-state index contributed by atoms with van der Waals surface area (Å²) in [4.78, 5) is 36.4. The van der Waals surface area contributed by atoms with Crippen molar-refractivity contribution in [2.75, 3.05) is 19.7 Å². The third-order valence-corrected chi connectivity index (χ3v) is 11.5. The molecule has 5 aromatic rings. The molecule has 0 amide bonds. The minimum atomic E-state index is -0.626. The Labute approximate surface area is 372 Å². The molecule has 3 aliphatic heterocycles. The molecule has 0 spiro atoms. The summed E-state index contributed by atoms with van der Waals surface area (Å²) < 4.78 is 51.4. The second-order valence-corrected chi connectivity index (χ2v) is 16.3. The second kappa shape index (κ2) is 22.2. The number of esters is 1. The summed E-state index contributed by atoms with van der Waals surface area (Å²) in [7, 11) is 0. The number of benzene rings is 3. The van der Waals surface area contributed by atoms with Gasteiger partial charge in [-0.25, -0.2) is 27.3 Å². The Morgan fingerprint density at radius 2 is 1.02 bits per heavy atom. The number of aromatic nitrogens is 4. The van der Waals surface area contributed by atoms with Gasteiger partial charge in [0.25, 0.3) is 11.1 Å². The molecule has 0 bridgehead atoms. The molecule has 61 heavy (non-hydrogen) atoms. The van der Waals surface area contributed by atoms with Gasteiger partial charge in [0.1, 0.15) is 32.2 Å². The molecule has 0 saturated carbocycles. The number of rotatable bonds is 5. The lowest BCUT2D eigenvalue weighted by Crippen LogP contribution is -2.37. The minimum Gasteiger partial charge on any atom is -0.462 e. The van der Waals surface area contributed by atoms with Gasteiger partial charge in [-0.15, -0.1) is 0 Å². The minimum absolute atomic E-state index is 0.0401. The van der Waals surface area contributed by atoms with Gasteiger partial charge >= 0.3 is 5.97 Å². The topological polar surface area (TPSA) is 104 Å². The van der Waals surface area contributed by atoms with Crippen LogP contribution in [0, 0.1) is 38.2 Å². The van der Waals surface area contributed by atoms with Crippen molar-refractivity contribution in [1.82, 2.24) is 29.6 Å². The Balaban J connectivity index is 0.000000162. The maximum Gasteiger partial charge on any atom is 0.341 e. The second-order valence-electron chi connectivity index (χ2n) is 14.7. The van der Waals surface area contributed by atoms with Crippen molar-refractivity contribution < 1.29 is 22.7 Å². The van der Waals surface area contributed by atoms with Crippen LogP contribution in [0.4, 0.5) is 13.2 Å². The number of ether oxygens (including phenoxy) is 1. The number of hydrogen-bond donors (Lipinski definition) is 2. The average molecular weight is 925 g/mol. The highest BCUT2D eigenvalue weighted by molar-refractivity contribution is 6.61. The third-order valence-electron chi connectivity index (χ3n) is 10.3. The molecule has 328 valence electrons. The van der Waals surface area contributed by atoms with E-state index in [1.165, 1.54) is 43.2 Å². The van der Waals surface area contributed by atoms with E-state index in [4.69, 9.17) is 51.1 Å². The molecule has 1 saturated heterocycles. The zero-order chi connectivity index (χ0) is 44.4. The number of hydrogen-bond acceptors (Lipinski definition) is 6. The normalized spacial score (nSPS) is 14.1. The van der Waals surface area contributed by atoms with E-state index in [0.29, 0.717) is 67.9 Å². The molecule has 0 aliphatic carbocycles. The van der Waals surface area contributed by atoms with E-state index in [-0.39, 0.29) is 45.2 Å². The number of nitrogens with zero attached hydrogens (tertiary/aromatic N) is 4. The quantitative estimate of drug-likeness (QED) is 0.134. The summed E-state index contributed by atoms with van der Waals surface area (Å²) in [5.41, 5.74) is 10.1. The Bertz CT molecular complexity index is 2370. The molecule has 2 N–H and O–H groups in total. The largest absolute Gasteiger partial charge is 0.462 e. The zero-order valence-corrected chi connectivity index (χ0v) is 37.5. The van der Waals surface area contributed by atoms with Crippen molar-refractivity contribution in [3.63, 3.8) is 0 Å². The summed E-state index contributed by atoms with van der Waals surface area (Å²) in [6.07, 6.45) is 6.68. The molecule has 0 unspecified atom stereocenters. The van der Waals surface area contributed by atoms with Crippen LogP contribution in [0.15, 0.2) is 68.7 Å². The van der Waals surface area contributed by atoms with Crippen LogP contribution < -0.4 is 22.0 Å². The number of nitrogens with one attached hydrogen (secondary N) is 2. The molecular formula is C44H49Cl4F3N6O4. The number of carbonyl (C=O) groups is 1. The molecule has 3 aliphatic rings. The van der Waals surface area contributed by atoms with Crippen LogP contribution in [-0.2, 0) is 35.7 Å². The number of hydrazine groups is 1. The maximum atomic E-state index is 13.3. The predicted molar refractivity (Wildman–Crippen MR) is 238 cm³/mol. The van der Waals surface area contributed by atoms with Gasteiger partial charge in [-0.1, -0.05) is 64.6 Å². The number of carbonyl (C=O) groups excluding carboxylic acids is 1. The Morgan fingerprint density at radius 1 is 0.623 bits per heavy atom. The van der Waals surface area contributed by atoms with E-state index in [2.05, 4.69) is 10.9 Å². The summed E-state index contributed by atoms with van der Waals surface area (Å²) in [5.74, 6) is -1.53. The molecular weight excluding hydrogens is 875 g/mol. The molecule has 1 fully saturated rings. The molecule has 8 rings (SSSR count). The van der Waals surface area contributed by atoms with Crippen LogP contribution in [0.25, 0.3) is 27.8 Å². The van der Waals surface area contributed by atoms with Gasteiger partial charge in [0, 0.05) is 39.3 Å². The first-order chi connectivity index (χ1) is 29.2. The molecule has 10 nitrogen and oxygen atoms in total. The zero-order valence-electron chi connectivity index (χ0n) is 34.5. The highest BCUT2D eigenvalue weighted by Crippen LogP contribution is 2.31. The van der Waals surface area contributed by atoms with E-state index >= 15 is 0 Å². The summed E-state index contributed by atoms with van der Waals surface area (Å²) in [5, 5.41) is 0.909. The molecule has 0 atom stereocenters. The van der Waals surface area contributed by atoms with Crippen molar-refractivity contribution >= 4 is 57.9 Å². The van der Waals surface area contributed by atoms with Gasteiger partial charge < -0.3 is 4.74 Å². The highest BCUT2D eigenvalue weighted by atomic mass is 35.5. The fourth-order valence-corrected chi connectivity index (χ4v) is 8.15. The Hall–Kier alpha value is -4.24. The molecule has 2 aromatic heterocycles. The average Bonchev–Trinajstić information content (AvgIpc) is 3.66. The van der Waals surface area contributed by atoms with Crippen molar-refractivity contribution in [2.45, 2.75) is 92.4 Å². The van der Waals surface area contributed by atoms with E-state index in [1.54, 1.807) is 61.3 Å².